The Bertz CT molecular complexity index is 524. The van der Waals surface area contributed by atoms with Gasteiger partial charge in [-0.05, 0) is 91.3 Å². The van der Waals surface area contributed by atoms with Gasteiger partial charge in [-0.25, -0.2) is 0 Å². The van der Waals surface area contributed by atoms with Crippen molar-refractivity contribution in [3.63, 3.8) is 0 Å². The van der Waals surface area contributed by atoms with E-state index < -0.39 is 0 Å². The molecular formula is C22H35NO. The molecule has 134 valence electrons. The summed E-state index contributed by atoms with van der Waals surface area (Å²) in [6.07, 6.45) is 10.8. The summed E-state index contributed by atoms with van der Waals surface area (Å²) in [6.45, 7) is 9.39. The van der Waals surface area contributed by atoms with Crippen LogP contribution in [0, 0.1) is 46.3 Å². The summed E-state index contributed by atoms with van der Waals surface area (Å²) in [5.74, 6) is 5.76. The van der Waals surface area contributed by atoms with E-state index in [4.69, 9.17) is 0 Å². The van der Waals surface area contributed by atoms with Crippen molar-refractivity contribution in [1.82, 2.24) is 4.90 Å². The van der Waals surface area contributed by atoms with Gasteiger partial charge in [0.05, 0.1) is 0 Å². The van der Waals surface area contributed by atoms with Gasteiger partial charge in [-0.15, -0.1) is 0 Å². The molecule has 0 spiro atoms. The zero-order chi connectivity index (χ0) is 16.7. The molecule has 0 aromatic heterocycles. The van der Waals surface area contributed by atoms with Crippen molar-refractivity contribution in [2.24, 2.45) is 46.3 Å². The number of hydrogen-bond donors (Lipinski definition) is 0. The van der Waals surface area contributed by atoms with Crippen molar-refractivity contribution in [2.45, 2.75) is 72.1 Å². The van der Waals surface area contributed by atoms with E-state index in [-0.39, 0.29) is 0 Å². The molecule has 6 rings (SSSR count). The summed E-state index contributed by atoms with van der Waals surface area (Å²) >= 11 is 0. The maximum atomic E-state index is 13.2. The molecule has 0 aromatic carbocycles. The van der Waals surface area contributed by atoms with Crippen LogP contribution in [0.5, 0.6) is 0 Å². The highest BCUT2D eigenvalue weighted by Crippen LogP contribution is 2.60. The second-order valence-electron chi connectivity index (χ2n) is 11.1. The minimum absolute atomic E-state index is 0.343. The Morgan fingerprint density at radius 2 is 1.62 bits per heavy atom. The first kappa shape index (κ1) is 15.7. The minimum atomic E-state index is 0.343. The number of hydrogen-bond acceptors (Lipinski definition) is 1. The zero-order valence-corrected chi connectivity index (χ0v) is 15.9. The van der Waals surface area contributed by atoms with Crippen LogP contribution in [0.2, 0.25) is 0 Å². The molecular weight excluding hydrogens is 294 g/mol. The van der Waals surface area contributed by atoms with Gasteiger partial charge in [0.2, 0.25) is 5.91 Å². The van der Waals surface area contributed by atoms with Crippen LogP contribution in [0.15, 0.2) is 0 Å². The van der Waals surface area contributed by atoms with Crippen molar-refractivity contribution in [3.05, 3.63) is 0 Å². The average molecular weight is 330 g/mol. The number of nitrogens with zero attached hydrogens (tertiary/aromatic N) is 1. The highest BCUT2D eigenvalue weighted by molar-refractivity contribution is 5.77. The fourth-order valence-electron chi connectivity index (χ4n) is 7.91. The van der Waals surface area contributed by atoms with Gasteiger partial charge in [0.1, 0.15) is 0 Å². The first-order valence-electron chi connectivity index (χ1n) is 10.6. The Labute approximate surface area is 147 Å². The fraction of sp³-hybridized carbons (Fsp3) is 0.955. The van der Waals surface area contributed by atoms with Gasteiger partial charge in [-0.3, -0.25) is 4.79 Å². The molecule has 1 heterocycles. The maximum Gasteiger partial charge on any atom is 0.222 e. The SMILES string of the molecule is CC1(C)C2CC[C@]1(C)CN(C(=O)CC1C3CC4CC(C3)CC1C4)C2. The number of likely N-dealkylation sites (tertiary alicyclic amines) is 1. The molecule has 6 bridgehead atoms. The smallest absolute Gasteiger partial charge is 0.222 e. The second-order valence-corrected chi connectivity index (χ2v) is 11.1. The molecule has 2 heteroatoms. The van der Waals surface area contributed by atoms with Crippen molar-refractivity contribution in [2.75, 3.05) is 13.1 Å². The van der Waals surface area contributed by atoms with E-state index in [2.05, 4.69) is 25.7 Å². The lowest BCUT2D eigenvalue weighted by Gasteiger charge is -2.55. The zero-order valence-electron chi connectivity index (χ0n) is 15.9. The van der Waals surface area contributed by atoms with Crippen LogP contribution in [0.4, 0.5) is 0 Å². The van der Waals surface area contributed by atoms with Crippen molar-refractivity contribution in [1.29, 1.82) is 0 Å². The molecule has 5 saturated carbocycles. The first-order valence-corrected chi connectivity index (χ1v) is 10.6. The molecule has 6 fully saturated rings. The molecule has 2 atom stereocenters. The number of amides is 1. The quantitative estimate of drug-likeness (QED) is 0.717. The molecule has 6 aliphatic rings. The number of rotatable bonds is 2. The predicted molar refractivity (Wildman–Crippen MR) is 96.3 cm³/mol. The average Bonchev–Trinajstić information content (AvgIpc) is 2.66. The number of fused-ring (bicyclic) bond motifs is 2. The van der Waals surface area contributed by atoms with E-state index in [0.29, 0.717) is 16.7 Å². The standard InChI is InChI=1S/C22H35NO/c1-21(2)18-4-5-22(21,3)13-23(12-18)20(24)11-19-16-7-14-6-15(9-16)10-17(19)8-14/h14-19H,4-13H2,1-3H3/t14?,15?,16?,17?,18?,19?,22-/m1/s1. The summed E-state index contributed by atoms with van der Waals surface area (Å²) in [5.41, 5.74) is 0.752. The van der Waals surface area contributed by atoms with Gasteiger partial charge in [-0.2, -0.15) is 0 Å². The molecule has 1 amide bonds. The molecule has 1 aliphatic heterocycles. The highest BCUT2D eigenvalue weighted by Gasteiger charge is 2.56. The van der Waals surface area contributed by atoms with Gasteiger partial charge >= 0.3 is 0 Å². The second kappa shape index (κ2) is 5.01. The van der Waals surface area contributed by atoms with E-state index in [0.717, 1.165) is 55.0 Å². The van der Waals surface area contributed by atoms with Crippen LogP contribution in [0.3, 0.4) is 0 Å². The van der Waals surface area contributed by atoms with E-state index >= 15 is 0 Å². The molecule has 2 nitrogen and oxygen atoms in total. The van der Waals surface area contributed by atoms with E-state index in [1.165, 1.54) is 44.9 Å². The fourth-order valence-corrected chi connectivity index (χ4v) is 7.91. The highest BCUT2D eigenvalue weighted by atomic mass is 16.2. The van der Waals surface area contributed by atoms with Crippen LogP contribution < -0.4 is 0 Å². The number of carbonyl (C=O) groups is 1. The van der Waals surface area contributed by atoms with Crippen molar-refractivity contribution >= 4 is 5.91 Å². The van der Waals surface area contributed by atoms with Crippen molar-refractivity contribution in [3.8, 4) is 0 Å². The Balaban J connectivity index is 1.29. The van der Waals surface area contributed by atoms with Crippen LogP contribution in [-0.2, 0) is 4.79 Å². The summed E-state index contributed by atoms with van der Waals surface area (Å²) in [6, 6.07) is 0. The monoisotopic (exact) mass is 329 g/mol. The number of piperidine rings is 1. The van der Waals surface area contributed by atoms with Crippen LogP contribution in [0.1, 0.15) is 72.1 Å². The predicted octanol–water partition coefficient (Wildman–Crippen LogP) is 4.73. The Hall–Kier alpha value is -0.530. The summed E-state index contributed by atoms with van der Waals surface area (Å²) in [7, 11) is 0. The van der Waals surface area contributed by atoms with E-state index in [9.17, 15) is 4.79 Å². The van der Waals surface area contributed by atoms with E-state index in [1.807, 2.05) is 0 Å². The minimum Gasteiger partial charge on any atom is -0.342 e. The molecule has 24 heavy (non-hydrogen) atoms. The van der Waals surface area contributed by atoms with Gasteiger partial charge < -0.3 is 4.90 Å². The molecule has 0 radical (unpaired) electrons. The van der Waals surface area contributed by atoms with Gasteiger partial charge in [-0.1, -0.05) is 20.8 Å². The molecule has 1 saturated heterocycles. The van der Waals surface area contributed by atoms with Gasteiger partial charge in [0.15, 0.2) is 0 Å². The summed E-state index contributed by atoms with van der Waals surface area (Å²) < 4.78 is 0. The van der Waals surface area contributed by atoms with Crippen LogP contribution >= 0.6 is 0 Å². The third kappa shape index (κ3) is 2.10. The third-order valence-corrected chi connectivity index (χ3v) is 9.79. The molecule has 1 unspecified atom stereocenters. The Morgan fingerprint density at radius 1 is 1.00 bits per heavy atom. The lowest BCUT2D eigenvalue weighted by molar-refractivity contribution is -0.144. The largest absolute Gasteiger partial charge is 0.342 e. The normalized spacial score (nSPS) is 51.2. The number of carbonyl (C=O) groups excluding carboxylic acids is 1. The van der Waals surface area contributed by atoms with Crippen LogP contribution in [0.25, 0.3) is 0 Å². The third-order valence-electron chi connectivity index (χ3n) is 9.79. The van der Waals surface area contributed by atoms with Crippen molar-refractivity contribution < 1.29 is 4.79 Å². The van der Waals surface area contributed by atoms with Crippen LogP contribution in [-0.4, -0.2) is 23.9 Å². The maximum absolute atomic E-state index is 13.2. The lowest BCUT2D eigenvalue weighted by atomic mass is 9.51. The Morgan fingerprint density at radius 3 is 2.21 bits per heavy atom. The lowest BCUT2D eigenvalue weighted by Crippen LogP contribution is -2.54. The molecule has 0 aromatic rings. The topological polar surface area (TPSA) is 20.3 Å². The van der Waals surface area contributed by atoms with Gasteiger partial charge in [0, 0.05) is 19.5 Å². The summed E-state index contributed by atoms with van der Waals surface area (Å²) in [5, 5.41) is 0. The van der Waals surface area contributed by atoms with Gasteiger partial charge in [0.25, 0.3) is 0 Å². The Kier molecular flexibility index (Phi) is 3.28. The first-order chi connectivity index (χ1) is 11.4. The summed E-state index contributed by atoms with van der Waals surface area (Å²) in [4.78, 5) is 15.5. The molecule has 5 aliphatic carbocycles. The van der Waals surface area contributed by atoms with E-state index in [1.54, 1.807) is 0 Å². The molecule has 0 N–H and O–H groups in total.